The maximum atomic E-state index is 14.8. The van der Waals surface area contributed by atoms with Gasteiger partial charge in [0.1, 0.15) is 40.8 Å². The van der Waals surface area contributed by atoms with Crippen molar-refractivity contribution in [1.82, 2.24) is 25.2 Å². The minimum atomic E-state index is -4.07. The molecule has 0 unspecified atom stereocenters. The Bertz CT molecular complexity index is 2300. The maximum Gasteiger partial charge on any atom is 0.408 e. The number of nitrogens with zero attached hydrogens (tertiary/aromatic N) is 2. The zero-order valence-electron chi connectivity index (χ0n) is 36.3. The summed E-state index contributed by atoms with van der Waals surface area (Å²) in [6, 6.07) is 14.5. The third-order valence-electron chi connectivity index (χ3n) is 11.8. The van der Waals surface area contributed by atoms with Gasteiger partial charge >= 0.3 is 6.09 Å². The number of amides is 4. The molecule has 2 heterocycles. The summed E-state index contributed by atoms with van der Waals surface area (Å²) in [6.45, 7) is 20.2. The first-order chi connectivity index (χ1) is 27.8. The zero-order valence-corrected chi connectivity index (χ0v) is 38.1. The highest BCUT2D eigenvalue weighted by atomic mass is 32.2. The van der Waals surface area contributed by atoms with Gasteiger partial charge in [0.15, 0.2) is 0 Å². The van der Waals surface area contributed by atoms with Crippen LogP contribution in [0.4, 0.5) is 4.79 Å². The van der Waals surface area contributed by atoms with Gasteiger partial charge in [0, 0.05) is 35.4 Å². The Hall–Kier alpha value is -4.96. The highest BCUT2D eigenvalue weighted by Gasteiger charge is 2.66. The van der Waals surface area contributed by atoms with Gasteiger partial charge in [-0.1, -0.05) is 76.8 Å². The molecule has 2 saturated carbocycles. The largest absolute Gasteiger partial charge is 0.497 e. The predicted molar refractivity (Wildman–Crippen MR) is 232 cm³/mol. The van der Waals surface area contributed by atoms with E-state index in [0.29, 0.717) is 40.9 Å². The molecule has 1 aromatic heterocycles. The summed E-state index contributed by atoms with van der Waals surface area (Å²) in [7, 11) is -4.77. The highest BCUT2D eigenvalue weighted by Crippen LogP contribution is 2.51. The van der Waals surface area contributed by atoms with Crippen molar-refractivity contribution in [2.24, 2.45) is 11.3 Å². The number of nitrogens with one attached hydrogen (secondary N) is 3. The molecule has 2 aliphatic carbocycles. The first kappa shape index (κ1) is 44.6. The van der Waals surface area contributed by atoms with Gasteiger partial charge < -0.3 is 29.7 Å². The second-order valence-corrected chi connectivity index (χ2v) is 27.2. The first-order valence-corrected chi connectivity index (χ1v) is 25.4. The van der Waals surface area contributed by atoms with E-state index in [1.165, 1.54) is 11.0 Å². The third kappa shape index (κ3) is 8.90. The molecule has 60 heavy (non-hydrogen) atoms. The van der Waals surface area contributed by atoms with Crippen LogP contribution in [-0.4, -0.2) is 97.5 Å². The van der Waals surface area contributed by atoms with Crippen LogP contribution < -0.4 is 24.8 Å². The van der Waals surface area contributed by atoms with Crippen LogP contribution in [0.3, 0.4) is 0 Å². The molecule has 3 aromatic rings. The second-order valence-electron chi connectivity index (χ2n) is 19.4. The molecule has 0 bridgehead atoms. The number of carbonyl (C=O) groups is 4. The van der Waals surface area contributed by atoms with Crippen LogP contribution in [0, 0.1) is 11.3 Å². The molecule has 1 saturated heterocycles. The minimum Gasteiger partial charge on any atom is -0.497 e. The molecule has 4 amide bonds. The summed E-state index contributed by atoms with van der Waals surface area (Å²) in [4.78, 5) is 62.9. The second kappa shape index (κ2) is 15.8. The topological polar surface area (TPSA) is 182 Å². The molecule has 16 heteroatoms. The van der Waals surface area contributed by atoms with Crippen molar-refractivity contribution in [2.75, 3.05) is 13.7 Å². The van der Waals surface area contributed by atoms with Crippen LogP contribution in [0.25, 0.3) is 22.2 Å². The van der Waals surface area contributed by atoms with Crippen LogP contribution in [0.1, 0.15) is 67.2 Å². The Morgan fingerprint density at radius 2 is 1.67 bits per heavy atom. The molecular weight excluding hydrogens is 803 g/mol. The van der Waals surface area contributed by atoms with Crippen molar-refractivity contribution in [1.29, 1.82) is 0 Å². The van der Waals surface area contributed by atoms with Gasteiger partial charge in [-0.2, -0.15) is 0 Å². The van der Waals surface area contributed by atoms with Gasteiger partial charge in [-0.15, -0.1) is 6.58 Å². The zero-order chi connectivity index (χ0) is 44.2. The number of rotatable bonds is 13. The summed E-state index contributed by atoms with van der Waals surface area (Å²) >= 11 is 0. The number of methoxy groups -OCH3 is 1. The van der Waals surface area contributed by atoms with Crippen LogP contribution in [0.15, 0.2) is 67.3 Å². The normalized spacial score (nSPS) is 22.9. The number of sulfonamides is 1. The SMILES string of the molecule is C=C[C@@H]1C[C@]1(NC(=O)[C@@H]1C[C@@H](Oc2cc(-c3ccccc3)nc3cc(OC)ccc23)CN1C(=O)[C@@H](NC(=O)OC(C)(C)C)C(C)(C)C)C(=O)NS(=O)(=O)C1([Si](C)(C)C)CC1. The number of benzene rings is 2. The molecule has 324 valence electrons. The standard InChI is InChI=1S/C44H59N5O9SSi/c1-12-28-25-44(28,39(52)48-59(54,55)43(20-21-43)60(9,10)11)47-37(50)34-23-30(26-49(34)38(51)36(41(2,3)4)46-40(53)58-42(5,6)7)57-35-24-32(27-16-14-13-15-17-27)45-33-22-29(56-8)18-19-31(33)35/h12-19,22,24,28,30,34,36H,1,20-21,23,25-26H2,2-11H3,(H,46,53)(H,47,50)(H,48,52)/t28-,30-,34+,36-,44-/m1/s1. The molecule has 0 spiro atoms. The van der Waals surface area contributed by atoms with Crippen molar-refractivity contribution in [3.8, 4) is 22.8 Å². The molecule has 2 aromatic carbocycles. The van der Waals surface area contributed by atoms with Crippen molar-refractivity contribution in [3.05, 3.63) is 67.3 Å². The number of fused-ring (bicyclic) bond motifs is 1. The molecular formula is C44H59N5O9SSi. The Morgan fingerprint density at radius 1 is 1.00 bits per heavy atom. The molecule has 3 fully saturated rings. The van der Waals surface area contributed by atoms with Crippen LogP contribution in [0.5, 0.6) is 11.5 Å². The van der Waals surface area contributed by atoms with Gasteiger partial charge in [-0.3, -0.25) is 19.1 Å². The van der Waals surface area contributed by atoms with E-state index in [9.17, 15) is 27.6 Å². The monoisotopic (exact) mass is 861 g/mol. The summed E-state index contributed by atoms with van der Waals surface area (Å²) in [5, 5.41) is 6.29. The summed E-state index contributed by atoms with van der Waals surface area (Å²) < 4.78 is 46.7. The van der Waals surface area contributed by atoms with Gasteiger partial charge in [-0.25, -0.2) is 18.2 Å². The minimum absolute atomic E-state index is 0.00893. The average Bonchev–Trinajstić information content (AvgIpc) is 4.07. The van der Waals surface area contributed by atoms with E-state index in [-0.39, 0.29) is 19.4 Å². The fourth-order valence-corrected chi connectivity index (χ4v) is 14.4. The Kier molecular flexibility index (Phi) is 11.8. The van der Waals surface area contributed by atoms with Crippen LogP contribution >= 0.6 is 0 Å². The third-order valence-corrected chi connectivity index (χ3v) is 19.6. The number of hydrogen-bond acceptors (Lipinski definition) is 10. The lowest BCUT2D eigenvalue weighted by atomic mass is 9.85. The molecule has 5 atom stereocenters. The molecule has 3 aliphatic rings. The molecule has 3 N–H and O–H groups in total. The van der Waals surface area contributed by atoms with E-state index < -0.39 is 86.9 Å². The van der Waals surface area contributed by atoms with Gasteiger partial charge in [0.25, 0.3) is 5.91 Å². The fraction of sp³-hybridized carbons (Fsp3) is 0.523. The number of likely N-dealkylation sites (tertiary alicyclic amines) is 1. The van der Waals surface area contributed by atoms with E-state index in [1.807, 2.05) is 62.1 Å². The van der Waals surface area contributed by atoms with E-state index in [1.54, 1.807) is 60.8 Å². The summed E-state index contributed by atoms with van der Waals surface area (Å²) in [5.41, 5.74) is -1.20. The predicted octanol–water partition coefficient (Wildman–Crippen LogP) is 6.12. The number of aromatic nitrogens is 1. The molecule has 1 aliphatic heterocycles. The quantitative estimate of drug-likeness (QED) is 0.134. The van der Waals surface area contributed by atoms with Crippen LogP contribution in [0.2, 0.25) is 19.6 Å². The van der Waals surface area contributed by atoms with Crippen molar-refractivity contribution >= 4 is 52.8 Å². The summed E-state index contributed by atoms with van der Waals surface area (Å²) in [6.07, 6.45) is 1.06. The van der Waals surface area contributed by atoms with Crippen molar-refractivity contribution < 1.29 is 41.8 Å². The van der Waals surface area contributed by atoms with Crippen LogP contribution in [-0.2, 0) is 29.1 Å². The first-order valence-electron chi connectivity index (χ1n) is 20.4. The molecule has 14 nitrogen and oxygen atoms in total. The molecule has 6 rings (SSSR count). The van der Waals surface area contributed by atoms with Crippen molar-refractivity contribution in [3.63, 3.8) is 0 Å². The number of alkyl carbamates (subject to hydrolysis) is 1. The molecule has 0 radical (unpaired) electrons. The number of carbonyl (C=O) groups excluding carboxylic acids is 4. The van der Waals surface area contributed by atoms with E-state index in [4.69, 9.17) is 19.2 Å². The lowest BCUT2D eigenvalue weighted by Crippen LogP contribution is -2.61. The Labute approximate surface area is 354 Å². The number of hydrogen-bond donors (Lipinski definition) is 3. The van der Waals surface area contributed by atoms with Gasteiger partial charge in [0.05, 0.1) is 37.3 Å². The van der Waals surface area contributed by atoms with Gasteiger partial charge in [-0.05, 0) is 57.6 Å². The average molecular weight is 862 g/mol. The smallest absolute Gasteiger partial charge is 0.408 e. The van der Waals surface area contributed by atoms with Crippen molar-refractivity contribution in [2.45, 2.75) is 121 Å². The maximum absolute atomic E-state index is 14.8. The summed E-state index contributed by atoms with van der Waals surface area (Å²) in [5.74, 6) is -1.55. The van der Waals surface area contributed by atoms with E-state index in [2.05, 4.69) is 21.9 Å². The lowest BCUT2D eigenvalue weighted by Gasteiger charge is -2.36. The highest BCUT2D eigenvalue weighted by molar-refractivity contribution is 7.93. The Morgan fingerprint density at radius 3 is 2.22 bits per heavy atom. The van der Waals surface area contributed by atoms with Gasteiger partial charge in [0.2, 0.25) is 21.8 Å². The number of ether oxygens (including phenoxy) is 3. The van der Waals surface area contributed by atoms with E-state index in [0.717, 1.165) is 5.56 Å². The lowest BCUT2D eigenvalue weighted by molar-refractivity contribution is -0.143. The number of pyridine rings is 1. The van der Waals surface area contributed by atoms with E-state index >= 15 is 0 Å². The Balaban J connectivity index is 1.35. The fourth-order valence-electron chi connectivity index (χ4n) is 8.14.